The Morgan fingerprint density at radius 3 is 2.48 bits per heavy atom. The lowest BCUT2D eigenvalue weighted by atomic mass is 10.1. The molecule has 0 spiro atoms. The first-order valence-electron chi connectivity index (χ1n) is 7.47. The maximum Gasteiger partial charge on any atom is 0.254 e. The zero-order valence-electron chi connectivity index (χ0n) is 13.3. The number of carbonyl (C=O) groups excluding carboxylic acids is 1. The molecule has 0 radical (unpaired) electrons. The Labute approximate surface area is 141 Å². The molecule has 0 atom stereocenters. The molecular formula is C18H20ClFN2O. The fourth-order valence-corrected chi connectivity index (χ4v) is 2.38. The normalized spacial score (nSPS) is 10.4. The summed E-state index contributed by atoms with van der Waals surface area (Å²) in [5, 5.41) is 3.01. The fraction of sp³-hybridized carbons (Fsp3) is 0.278. The third-order valence-electron chi connectivity index (χ3n) is 3.56. The molecule has 3 nitrogen and oxygen atoms in total. The molecule has 0 unspecified atom stereocenters. The van der Waals surface area contributed by atoms with Crippen LogP contribution < -0.4 is 10.2 Å². The third-order valence-corrected chi connectivity index (χ3v) is 3.79. The largest absolute Gasteiger partial charge is 0.378 e. The first kappa shape index (κ1) is 17.3. The van der Waals surface area contributed by atoms with Gasteiger partial charge in [0.05, 0.1) is 5.56 Å². The van der Waals surface area contributed by atoms with E-state index in [2.05, 4.69) is 29.6 Å². The Bertz CT molecular complexity index is 671. The highest BCUT2D eigenvalue weighted by molar-refractivity contribution is 6.30. The van der Waals surface area contributed by atoms with E-state index in [1.165, 1.54) is 17.7 Å². The van der Waals surface area contributed by atoms with Gasteiger partial charge in [-0.1, -0.05) is 23.7 Å². The molecule has 0 aliphatic carbocycles. The summed E-state index contributed by atoms with van der Waals surface area (Å²) in [6.45, 7) is 0.496. The lowest BCUT2D eigenvalue weighted by molar-refractivity contribution is 0.0949. The van der Waals surface area contributed by atoms with Crippen LogP contribution in [0.2, 0.25) is 5.02 Å². The maximum absolute atomic E-state index is 13.6. The van der Waals surface area contributed by atoms with E-state index in [0.717, 1.165) is 24.6 Å². The quantitative estimate of drug-likeness (QED) is 0.812. The molecule has 0 saturated heterocycles. The van der Waals surface area contributed by atoms with Gasteiger partial charge in [0.2, 0.25) is 0 Å². The summed E-state index contributed by atoms with van der Waals surface area (Å²) < 4.78 is 13.6. The van der Waals surface area contributed by atoms with Crippen molar-refractivity contribution < 1.29 is 9.18 Å². The van der Waals surface area contributed by atoms with E-state index in [0.29, 0.717) is 6.54 Å². The number of hydrogen-bond acceptors (Lipinski definition) is 2. The summed E-state index contributed by atoms with van der Waals surface area (Å²) in [6, 6.07) is 12.3. The monoisotopic (exact) mass is 334 g/mol. The Balaban J connectivity index is 1.79. The molecule has 0 saturated carbocycles. The van der Waals surface area contributed by atoms with Gasteiger partial charge in [0.1, 0.15) is 5.82 Å². The Kier molecular flexibility index (Phi) is 5.99. The number of benzene rings is 2. The van der Waals surface area contributed by atoms with Crippen LogP contribution in [0.1, 0.15) is 22.3 Å². The van der Waals surface area contributed by atoms with Crippen LogP contribution in [-0.2, 0) is 6.42 Å². The average molecular weight is 335 g/mol. The predicted molar refractivity (Wildman–Crippen MR) is 92.8 cm³/mol. The summed E-state index contributed by atoms with van der Waals surface area (Å²) in [7, 11) is 4.00. The summed E-state index contributed by atoms with van der Waals surface area (Å²) in [6.07, 6.45) is 1.65. The van der Waals surface area contributed by atoms with E-state index in [4.69, 9.17) is 11.6 Å². The van der Waals surface area contributed by atoms with Gasteiger partial charge < -0.3 is 10.2 Å². The van der Waals surface area contributed by atoms with Gasteiger partial charge in [0, 0.05) is 31.4 Å². The lowest BCUT2D eigenvalue weighted by Crippen LogP contribution is -2.25. The van der Waals surface area contributed by atoms with Gasteiger partial charge in [0.15, 0.2) is 0 Å². The Morgan fingerprint density at radius 2 is 1.87 bits per heavy atom. The number of nitrogens with zero attached hydrogens (tertiary/aromatic N) is 1. The summed E-state index contributed by atoms with van der Waals surface area (Å²) in [4.78, 5) is 14.0. The van der Waals surface area contributed by atoms with E-state index in [9.17, 15) is 9.18 Å². The number of rotatable bonds is 6. The molecule has 0 heterocycles. The number of hydrogen-bond donors (Lipinski definition) is 1. The second-order valence-corrected chi connectivity index (χ2v) is 5.98. The number of anilines is 1. The minimum Gasteiger partial charge on any atom is -0.378 e. The zero-order valence-corrected chi connectivity index (χ0v) is 14.0. The number of aryl methyl sites for hydroxylation is 1. The molecule has 122 valence electrons. The Hall–Kier alpha value is -2.07. The van der Waals surface area contributed by atoms with Gasteiger partial charge in [-0.15, -0.1) is 0 Å². The summed E-state index contributed by atoms with van der Waals surface area (Å²) >= 11 is 5.67. The molecule has 1 amide bonds. The van der Waals surface area contributed by atoms with Crippen molar-refractivity contribution in [3.8, 4) is 0 Å². The molecule has 5 heteroatoms. The molecule has 0 bridgehead atoms. The van der Waals surface area contributed by atoms with Crippen LogP contribution in [0.15, 0.2) is 42.5 Å². The van der Waals surface area contributed by atoms with Crippen molar-refractivity contribution in [1.29, 1.82) is 0 Å². The van der Waals surface area contributed by atoms with Crippen LogP contribution in [0.3, 0.4) is 0 Å². The number of amides is 1. The van der Waals surface area contributed by atoms with Crippen LogP contribution in [0.4, 0.5) is 10.1 Å². The molecule has 0 aliphatic rings. The molecule has 2 rings (SSSR count). The molecule has 2 aromatic rings. The first-order chi connectivity index (χ1) is 11.0. The van der Waals surface area contributed by atoms with Crippen LogP contribution in [0, 0.1) is 5.82 Å². The van der Waals surface area contributed by atoms with Crippen molar-refractivity contribution in [1.82, 2.24) is 5.32 Å². The third kappa shape index (κ3) is 4.96. The minimum atomic E-state index is -0.603. The second-order valence-electron chi connectivity index (χ2n) is 5.54. The first-order valence-corrected chi connectivity index (χ1v) is 7.84. The highest BCUT2D eigenvalue weighted by Gasteiger charge is 2.11. The van der Waals surface area contributed by atoms with Gasteiger partial charge in [-0.25, -0.2) is 4.39 Å². The van der Waals surface area contributed by atoms with Crippen LogP contribution in [0.5, 0.6) is 0 Å². The highest BCUT2D eigenvalue weighted by atomic mass is 35.5. The maximum atomic E-state index is 13.6. The summed E-state index contributed by atoms with van der Waals surface area (Å²) in [5.74, 6) is -1.02. The molecule has 0 fully saturated rings. The van der Waals surface area contributed by atoms with Crippen LogP contribution >= 0.6 is 11.6 Å². The van der Waals surface area contributed by atoms with Crippen molar-refractivity contribution >= 4 is 23.2 Å². The minimum absolute atomic E-state index is 0.0183. The smallest absolute Gasteiger partial charge is 0.254 e. The van der Waals surface area contributed by atoms with E-state index >= 15 is 0 Å². The average Bonchev–Trinajstić information content (AvgIpc) is 2.51. The van der Waals surface area contributed by atoms with Crippen molar-refractivity contribution in [2.45, 2.75) is 12.8 Å². The van der Waals surface area contributed by atoms with E-state index in [1.807, 2.05) is 19.0 Å². The van der Waals surface area contributed by atoms with Crippen LogP contribution in [-0.4, -0.2) is 26.5 Å². The van der Waals surface area contributed by atoms with Crippen molar-refractivity contribution in [2.75, 3.05) is 25.5 Å². The van der Waals surface area contributed by atoms with Gasteiger partial charge in [0.25, 0.3) is 5.91 Å². The Morgan fingerprint density at radius 1 is 1.17 bits per heavy atom. The molecular weight excluding hydrogens is 315 g/mol. The van der Waals surface area contributed by atoms with E-state index < -0.39 is 11.7 Å². The zero-order chi connectivity index (χ0) is 16.8. The van der Waals surface area contributed by atoms with Gasteiger partial charge in [-0.05, 0) is 48.7 Å². The number of carbonyl (C=O) groups is 1. The molecule has 1 N–H and O–H groups in total. The van der Waals surface area contributed by atoms with Gasteiger partial charge in [-0.3, -0.25) is 4.79 Å². The van der Waals surface area contributed by atoms with Crippen molar-refractivity contribution in [3.05, 3.63) is 64.4 Å². The number of halogens is 2. The molecule has 23 heavy (non-hydrogen) atoms. The topological polar surface area (TPSA) is 32.3 Å². The SMILES string of the molecule is CN(C)c1ccc(CCCNC(=O)c2ccc(Cl)cc2F)cc1. The second kappa shape index (κ2) is 7.97. The van der Waals surface area contributed by atoms with Crippen molar-refractivity contribution in [2.24, 2.45) is 0 Å². The number of nitrogens with one attached hydrogen (secondary N) is 1. The summed E-state index contributed by atoms with van der Waals surface area (Å²) in [5.41, 5.74) is 2.38. The van der Waals surface area contributed by atoms with Gasteiger partial charge >= 0.3 is 0 Å². The predicted octanol–water partition coefficient (Wildman–Crippen LogP) is 3.91. The van der Waals surface area contributed by atoms with E-state index in [-0.39, 0.29) is 10.6 Å². The van der Waals surface area contributed by atoms with Crippen molar-refractivity contribution in [3.63, 3.8) is 0 Å². The standard InChI is InChI=1S/C18H20ClFN2O/c1-22(2)15-8-5-13(6-9-15)4-3-11-21-18(23)16-10-7-14(19)12-17(16)20/h5-10,12H,3-4,11H2,1-2H3,(H,21,23). The lowest BCUT2D eigenvalue weighted by Gasteiger charge is -2.12. The molecule has 0 aromatic heterocycles. The van der Waals surface area contributed by atoms with Gasteiger partial charge in [-0.2, -0.15) is 0 Å². The fourth-order valence-electron chi connectivity index (χ4n) is 2.22. The van der Waals surface area contributed by atoms with E-state index in [1.54, 1.807) is 0 Å². The van der Waals surface area contributed by atoms with Crippen LogP contribution in [0.25, 0.3) is 0 Å². The molecule has 0 aliphatic heterocycles. The molecule has 2 aromatic carbocycles. The highest BCUT2D eigenvalue weighted by Crippen LogP contribution is 2.15.